The Hall–Kier alpha value is -3.19. The van der Waals surface area contributed by atoms with Crippen LogP contribution in [0.1, 0.15) is 25.8 Å². The number of nitrogens with zero attached hydrogens (tertiary/aromatic N) is 3. The van der Waals surface area contributed by atoms with Crippen LogP contribution in [-0.4, -0.2) is 47.5 Å². The molecule has 0 aromatic heterocycles. The number of amides is 4. The van der Waals surface area contributed by atoms with E-state index in [1.165, 1.54) is 0 Å². The van der Waals surface area contributed by atoms with Gasteiger partial charge in [-0.3, -0.25) is 14.5 Å². The van der Waals surface area contributed by atoms with E-state index in [0.29, 0.717) is 25.4 Å². The average molecular weight is 395 g/mol. The molecule has 0 spiro atoms. The Morgan fingerprint density at radius 3 is 2.28 bits per heavy atom. The molecule has 0 bridgehead atoms. The molecule has 0 saturated carbocycles. The van der Waals surface area contributed by atoms with Gasteiger partial charge in [0.05, 0.1) is 19.0 Å². The summed E-state index contributed by atoms with van der Waals surface area (Å²) in [5.41, 5.74) is 1.36. The molecule has 2 aromatic carbocycles. The van der Waals surface area contributed by atoms with E-state index in [1.54, 1.807) is 24.3 Å². The minimum Gasteiger partial charge on any atom is -0.492 e. The maximum Gasteiger partial charge on any atom is 0.340 e. The Kier molecular flexibility index (Phi) is 6.61. The molecule has 7 heteroatoms. The molecule has 1 aliphatic rings. The molecule has 29 heavy (non-hydrogen) atoms. The van der Waals surface area contributed by atoms with Gasteiger partial charge in [-0.05, 0) is 37.6 Å². The number of rotatable bonds is 9. The summed E-state index contributed by atoms with van der Waals surface area (Å²) in [5, 5.41) is 0. The third kappa shape index (κ3) is 4.46. The van der Waals surface area contributed by atoms with Crippen molar-refractivity contribution in [2.75, 3.05) is 24.7 Å². The van der Waals surface area contributed by atoms with E-state index in [0.717, 1.165) is 21.8 Å². The Morgan fingerprint density at radius 1 is 0.897 bits per heavy atom. The number of anilines is 1. The lowest BCUT2D eigenvalue weighted by atomic mass is 10.2. The van der Waals surface area contributed by atoms with Gasteiger partial charge in [0.15, 0.2) is 0 Å². The number of hydrogen-bond acceptors (Lipinski definition) is 5. The molecule has 0 aliphatic carbocycles. The number of ether oxygens (including phenoxy) is 1. The Balaban J connectivity index is 1.82. The van der Waals surface area contributed by atoms with Crippen molar-refractivity contribution < 1.29 is 19.1 Å². The SMILES string of the molecule is CCCN(Cc1ccccc1)CN1C(=O)C(=O)N(c2ccccc2OCC)C1=O. The lowest BCUT2D eigenvalue weighted by Crippen LogP contribution is -2.42. The summed E-state index contributed by atoms with van der Waals surface area (Å²) in [6.07, 6.45) is 0.855. The zero-order valence-corrected chi connectivity index (χ0v) is 16.7. The summed E-state index contributed by atoms with van der Waals surface area (Å²) < 4.78 is 5.53. The van der Waals surface area contributed by atoms with Crippen molar-refractivity contribution in [1.29, 1.82) is 0 Å². The molecule has 0 atom stereocenters. The van der Waals surface area contributed by atoms with Crippen molar-refractivity contribution in [1.82, 2.24) is 9.80 Å². The van der Waals surface area contributed by atoms with Crippen LogP contribution < -0.4 is 9.64 Å². The van der Waals surface area contributed by atoms with Crippen molar-refractivity contribution >= 4 is 23.5 Å². The van der Waals surface area contributed by atoms with Gasteiger partial charge in [-0.2, -0.15) is 0 Å². The highest BCUT2D eigenvalue weighted by molar-refractivity contribution is 6.53. The molecule has 3 rings (SSSR count). The van der Waals surface area contributed by atoms with Gasteiger partial charge in [0, 0.05) is 6.54 Å². The van der Waals surface area contributed by atoms with Crippen LogP contribution in [0.2, 0.25) is 0 Å². The van der Waals surface area contributed by atoms with Gasteiger partial charge < -0.3 is 4.74 Å². The molecule has 1 heterocycles. The first kappa shape index (κ1) is 20.5. The second-order valence-corrected chi connectivity index (χ2v) is 6.74. The van der Waals surface area contributed by atoms with Crippen molar-refractivity contribution in [2.45, 2.75) is 26.8 Å². The van der Waals surface area contributed by atoms with Crippen LogP contribution in [0.3, 0.4) is 0 Å². The smallest absolute Gasteiger partial charge is 0.340 e. The van der Waals surface area contributed by atoms with Crippen LogP contribution >= 0.6 is 0 Å². The molecule has 0 N–H and O–H groups in total. The van der Waals surface area contributed by atoms with Crippen LogP contribution in [0.25, 0.3) is 0 Å². The summed E-state index contributed by atoms with van der Waals surface area (Å²) in [7, 11) is 0. The third-order valence-corrected chi connectivity index (χ3v) is 4.59. The van der Waals surface area contributed by atoms with Crippen molar-refractivity contribution in [3.8, 4) is 5.75 Å². The monoisotopic (exact) mass is 395 g/mol. The van der Waals surface area contributed by atoms with E-state index in [2.05, 4.69) is 0 Å². The summed E-state index contributed by atoms with van der Waals surface area (Å²) >= 11 is 0. The number of carbonyl (C=O) groups is 3. The highest BCUT2D eigenvalue weighted by atomic mass is 16.5. The standard InChI is InChI=1S/C22H25N3O4/c1-3-14-23(15-17-10-6-5-7-11-17)16-24-20(26)21(27)25(22(24)28)18-12-8-9-13-19(18)29-4-2/h5-13H,3-4,14-16H2,1-2H3. The average Bonchev–Trinajstić information content (AvgIpc) is 2.93. The zero-order valence-electron chi connectivity index (χ0n) is 16.7. The topological polar surface area (TPSA) is 70.2 Å². The number of para-hydroxylation sites is 2. The van der Waals surface area contributed by atoms with Gasteiger partial charge in [-0.1, -0.05) is 49.4 Å². The highest BCUT2D eigenvalue weighted by Crippen LogP contribution is 2.31. The predicted molar refractivity (Wildman–Crippen MR) is 109 cm³/mol. The van der Waals surface area contributed by atoms with E-state index < -0.39 is 17.8 Å². The fourth-order valence-electron chi connectivity index (χ4n) is 3.32. The van der Waals surface area contributed by atoms with Crippen LogP contribution in [0.4, 0.5) is 10.5 Å². The van der Waals surface area contributed by atoms with E-state index in [-0.39, 0.29) is 12.4 Å². The Morgan fingerprint density at radius 2 is 1.59 bits per heavy atom. The number of imide groups is 2. The van der Waals surface area contributed by atoms with Gasteiger partial charge >= 0.3 is 17.8 Å². The minimum absolute atomic E-state index is 0.0550. The van der Waals surface area contributed by atoms with Crippen LogP contribution in [0.5, 0.6) is 5.75 Å². The second-order valence-electron chi connectivity index (χ2n) is 6.74. The van der Waals surface area contributed by atoms with Gasteiger partial charge in [0.1, 0.15) is 5.75 Å². The summed E-state index contributed by atoms with van der Waals surface area (Å²) in [4.78, 5) is 42.1. The first-order chi connectivity index (χ1) is 14.1. The number of carbonyl (C=O) groups excluding carboxylic acids is 3. The molecule has 4 amide bonds. The van der Waals surface area contributed by atoms with E-state index >= 15 is 0 Å². The summed E-state index contributed by atoms with van der Waals surface area (Å²) in [5.74, 6) is -1.30. The molecule has 1 fully saturated rings. The number of hydrogen-bond donors (Lipinski definition) is 0. The molecule has 152 valence electrons. The summed E-state index contributed by atoms with van der Waals surface area (Å²) in [6, 6.07) is 15.9. The largest absolute Gasteiger partial charge is 0.492 e. The van der Waals surface area contributed by atoms with E-state index in [9.17, 15) is 14.4 Å². The molecule has 1 aliphatic heterocycles. The first-order valence-electron chi connectivity index (χ1n) is 9.74. The number of urea groups is 1. The predicted octanol–water partition coefficient (Wildman–Crippen LogP) is 3.25. The van der Waals surface area contributed by atoms with Crippen molar-refractivity contribution in [2.24, 2.45) is 0 Å². The third-order valence-electron chi connectivity index (χ3n) is 4.59. The maximum atomic E-state index is 13.0. The van der Waals surface area contributed by atoms with E-state index in [4.69, 9.17) is 4.74 Å². The highest BCUT2D eigenvalue weighted by Gasteiger charge is 2.46. The molecular weight excluding hydrogens is 370 g/mol. The zero-order chi connectivity index (χ0) is 20.8. The van der Waals surface area contributed by atoms with Gasteiger partial charge in [0.25, 0.3) is 0 Å². The van der Waals surface area contributed by atoms with Gasteiger partial charge in [0.2, 0.25) is 0 Å². The fourth-order valence-corrected chi connectivity index (χ4v) is 3.32. The first-order valence-corrected chi connectivity index (χ1v) is 9.74. The van der Waals surface area contributed by atoms with Crippen LogP contribution in [0.15, 0.2) is 54.6 Å². The van der Waals surface area contributed by atoms with Gasteiger partial charge in [-0.15, -0.1) is 0 Å². The maximum absolute atomic E-state index is 13.0. The second kappa shape index (κ2) is 9.34. The number of benzene rings is 2. The molecule has 2 aromatic rings. The lowest BCUT2D eigenvalue weighted by Gasteiger charge is -2.26. The van der Waals surface area contributed by atoms with Crippen molar-refractivity contribution in [3.05, 3.63) is 60.2 Å². The minimum atomic E-state index is -0.863. The van der Waals surface area contributed by atoms with Crippen molar-refractivity contribution in [3.63, 3.8) is 0 Å². The molecule has 0 unspecified atom stereocenters. The fraction of sp³-hybridized carbons (Fsp3) is 0.318. The summed E-state index contributed by atoms with van der Waals surface area (Å²) in [6.45, 7) is 5.55. The molecule has 7 nitrogen and oxygen atoms in total. The van der Waals surface area contributed by atoms with E-state index in [1.807, 2.05) is 49.1 Å². The van der Waals surface area contributed by atoms with Crippen LogP contribution in [0, 0.1) is 0 Å². The van der Waals surface area contributed by atoms with Crippen LogP contribution in [-0.2, 0) is 16.1 Å². The molecule has 0 radical (unpaired) electrons. The van der Waals surface area contributed by atoms with Gasteiger partial charge in [-0.25, -0.2) is 14.6 Å². The molecular formula is C22H25N3O4. The lowest BCUT2D eigenvalue weighted by molar-refractivity contribution is -0.140. The Labute approximate surface area is 170 Å². The quantitative estimate of drug-likeness (QED) is 0.482. The molecule has 1 saturated heterocycles. The normalized spacial score (nSPS) is 14.2. The Bertz CT molecular complexity index is 885.